The highest BCUT2D eigenvalue weighted by Crippen LogP contribution is 2.23. The second-order valence-electron chi connectivity index (χ2n) is 4.61. The number of hydrogen-bond donors (Lipinski definition) is 3. The number of aromatic hydroxyl groups is 1. The third-order valence-electron chi connectivity index (χ3n) is 3.33. The molecule has 1 aromatic rings. The lowest BCUT2D eigenvalue weighted by atomic mass is 9.96. The molecule has 102 valence electrons. The lowest BCUT2D eigenvalue weighted by Crippen LogP contribution is -2.43. The Morgan fingerprint density at radius 3 is 2.47 bits per heavy atom. The number of nitrogens with two attached hydrogens (primary N) is 1. The molecule has 6 heteroatoms. The summed E-state index contributed by atoms with van der Waals surface area (Å²) in [5, 5.41) is 12.2. The molecule has 1 aliphatic rings. The number of nitrogens with one attached hydrogen (secondary N) is 1. The fourth-order valence-corrected chi connectivity index (χ4v) is 2.14. The number of likely N-dealkylation sites (tertiary alicyclic amines) is 1. The lowest BCUT2D eigenvalue weighted by molar-refractivity contribution is -0.122. The highest BCUT2D eigenvalue weighted by atomic mass is 16.3. The van der Waals surface area contributed by atoms with Crippen molar-refractivity contribution in [3.63, 3.8) is 0 Å². The van der Waals surface area contributed by atoms with E-state index >= 15 is 0 Å². The molecule has 4 N–H and O–H groups in total. The fourth-order valence-electron chi connectivity index (χ4n) is 2.14. The number of anilines is 1. The monoisotopic (exact) mass is 263 g/mol. The van der Waals surface area contributed by atoms with E-state index in [-0.39, 0.29) is 23.6 Å². The zero-order valence-corrected chi connectivity index (χ0v) is 10.5. The SMILES string of the molecule is NC(=O)C1CCN(C(=O)Nc2ccccc2O)CC1. The number of para-hydroxylation sites is 2. The number of urea groups is 1. The summed E-state index contributed by atoms with van der Waals surface area (Å²) in [7, 11) is 0. The Labute approximate surface area is 111 Å². The number of amides is 3. The normalized spacial score (nSPS) is 16.1. The van der Waals surface area contributed by atoms with Gasteiger partial charge >= 0.3 is 6.03 Å². The van der Waals surface area contributed by atoms with Gasteiger partial charge in [-0.1, -0.05) is 12.1 Å². The smallest absolute Gasteiger partial charge is 0.321 e. The molecule has 0 radical (unpaired) electrons. The Hall–Kier alpha value is -2.24. The molecule has 0 unspecified atom stereocenters. The summed E-state index contributed by atoms with van der Waals surface area (Å²) in [4.78, 5) is 24.6. The number of phenolic OH excluding ortho intramolecular Hbond substituents is 1. The van der Waals surface area contributed by atoms with Gasteiger partial charge in [0.05, 0.1) is 5.69 Å². The van der Waals surface area contributed by atoms with Crippen LogP contribution in [0.3, 0.4) is 0 Å². The number of nitrogens with zero attached hydrogens (tertiary/aromatic N) is 1. The van der Waals surface area contributed by atoms with E-state index < -0.39 is 0 Å². The summed E-state index contributed by atoms with van der Waals surface area (Å²) in [5.41, 5.74) is 5.62. The van der Waals surface area contributed by atoms with Gasteiger partial charge in [-0.3, -0.25) is 4.79 Å². The van der Waals surface area contributed by atoms with Crippen molar-refractivity contribution in [3.05, 3.63) is 24.3 Å². The van der Waals surface area contributed by atoms with E-state index in [9.17, 15) is 14.7 Å². The average Bonchev–Trinajstić information content (AvgIpc) is 2.41. The second-order valence-corrected chi connectivity index (χ2v) is 4.61. The molecule has 1 fully saturated rings. The number of benzene rings is 1. The van der Waals surface area contributed by atoms with Crippen LogP contribution in [0.4, 0.5) is 10.5 Å². The van der Waals surface area contributed by atoms with Gasteiger partial charge in [-0.25, -0.2) is 4.79 Å². The maximum atomic E-state index is 12.0. The van der Waals surface area contributed by atoms with E-state index in [1.165, 1.54) is 6.07 Å². The van der Waals surface area contributed by atoms with Gasteiger partial charge < -0.3 is 21.1 Å². The summed E-state index contributed by atoms with van der Waals surface area (Å²) in [6, 6.07) is 6.28. The Morgan fingerprint density at radius 2 is 1.89 bits per heavy atom. The van der Waals surface area contributed by atoms with Crippen molar-refractivity contribution in [2.45, 2.75) is 12.8 Å². The predicted molar refractivity (Wildman–Crippen MR) is 70.6 cm³/mol. The quantitative estimate of drug-likeness (QED) is 0.698. The van der Waals surface area contributed by atoms with E-state index in [0.29, 0.717) is 31.6 Å². The summed E-state index contributed by atoms with van der Waals surface area (Å²) in [6.07, 6.45) is 1.17. The number of primary amides is 1. The van der Waals surface area contributed by atoms with Crippen molar-refractivity contribution >= 4 is 17.6 Å². The minimum Gasteiger partial charge on any atom is -0.506 e. The zero-order valence-electron chi connectivity index (χ0n) is 10.5. The van der Waals surface area contributed by atoms with Crippen LogP contribution in [-0.4, -0.2) is 35.0 Å². The molecular formula is C13H17N3O3. The lowest BCUT2D eigenvalue weighted by Gasteiger charge is -2.30. The molecule has 2 rings (SSSR count). The van der Waals surface area contributed by atoms with Gasteiger partial charge in [-0.05, 0) is 25.0 Å². The van der Waals surface area contributed by atoms with Crippen molar-refractivity contribution in [2.75, 3.05) is 18.4 Å². The Balaban J connectivity index is 1.92. The molecule has 3 amide bonds. The standard InChI is InChI=1S/C13H17N3O3/c14-12(18)9-5-7-16(8-6-9)13(19)15-10-3-1-2-4-11(10)17/h1-4,9,17H,5-8H2,(H2,14,18)(H,15,19). The molecule has 19 heavy (non-hydrogen) atoms. The van der Waals surface area contributed by atoms with Gasteiger partial charge in [0, 0.05) is 19.0 Å². The third kappa shape index (κ3) is 3.15. The summed E-state index contributed by atoms with van der Waals surface area (Å²) >= 11 is 0. The average molecular weight is 263 g/mol. The molecule has 0 spiro atoms. The summed E-state index contributed by atoms with van der Waals surface area (Å²) in [6.45, 7) is 0.986. The van der Waals surface area contributed by atoms with E-state index in [2.05, 4.69) is 5.32 Å². The molecule has 1 saturated heterocycles. The third-order valence-corrected chi connectivity index (χ3v) is 3.33. The summed E-state index contributed by atoms with van der Waals surface area (Å²) < 4.78 is 0. The number of piperidine rings is 1. The van der Waals surface area contributed by atoms with Crippen LogP contribution in [0.25, 0.3) is 0 Å². The first kappa shape index (κ1) is 13.2. The van der Waals surface area contributed by atoms with Gasteiger partial charge in [0.15, 0.2) is 0 Å². The number of carbonyl (C=O) groups is 2. The molecule has 1 heterocycles. The first-order chi connectivity index (χ1) is 9.08. The number of rotatable bonds is 2. The molecule has 1 aromatic carbocycles. The highest BCUT2D eigenvalue weighted by Gasteiger charge is 2.26. The molecule has 1 aliphatic heterocycles. The van der Waals surface area contributed by atoms with E-state index in [0.717, 1.165) is 0 Å². The van der Waals surface area contributed by atoms with Crippen LogP contribution in [0.5, 0.6) is 5.75 Å². The molecular weight excluding hydrogens is 246 g/mol. The minimum absolute atomic E-state index is 0.0304. The maximum absolute atomic E-state index is 12.0. The first-order valence-corrected chi connectivity index (χ1v) is 6.21. The van der Waals surface area contributed by atoms with Gasteiger partial charge in [-0.15, -0.1) is 0 Å². The van der Waals surface area contributed by atoms with E-state index in [1.54, 1.807) is 23.1 Å². The molecule has 0 aliphatic carbocycles. The molecule has 0 atom stereocenters. The highest BCUT2D eigenvalue weighted by molar-refractivity contribution is 5.91. The predicted octanol–water partition coefficient (Wildman–Crippen LogP) is 1.12. The van der Waals surface area contributed by atoms with Crippen molar-refractivity contribution in [3.8, 4) is 5.75 Å². The summed E-state index contributed by atoms with van der Waals surface area (Å²) in [5.74, 6) is -0.419. The molecule has 0 saturated carbocycles. The Morgan fingerprint density at radius 1 is 1.26 bits per heavy atom. The van der Waals surface area contributed by atoms with Crippen LogP contribution in [0.1, 0.15) is 12.8 Å². The Kier molecular flexibility index (Phi) is 3.89. The first-order valence-electron chi connectivity index (χ1n) is 6.21. The molecule has 0 bridgehead atoms. The van der Waals surface area contributed by atoms with E-state index in [1.807, 2.05) is 0 Å². The van der Waals surface area contributed by atoms with Crippen LogP contribution >= 0.6 is 0 Å². The van der Waals surface area contributed by atoms with E-state index in [4.69, 9.17) is 5.73 Å². The van der Waals surface area contributed by atoms with Crippen molar-refractivity contribution in [1.29, 1.82) is 0 Å². The zero-order chi connectivity index (χ0) is 13.8. The minimum atomic E-state index is -0.305. The van der Waals surface area contributed by atoms with Gasteiger partial charge in [0.2, 0.25) is 5.91 Å². The van der Waals surface area contributed by atoms with Gasteiger partial charge in [0.1, 0.15) is 5.75 Å². The fraction of sp³-hybridized carbons (Fsp3) is 0.385. The second kappa shape index (κ2) is 5.60. The largest absolute Gasteiger partial charge is 0.506 e. The van der Waals surface area contributed by atoms with Crippen molar-refractivity contribution < 1.29 is 14.7 Å². The van der Waals surface area contributed by atoms with Crippen LogP contribution in [0.2, 0.25) is 0 Å². The van der Waals surface area contributed by atoms with Crippen molar-refractivity contribution in [1.82, 2.24) is 4.90 Å². The van der Waals surface area contributed by atoms with Gasteiger partial charge in [0.25, 0.3) is 0 Å². The molecule has 0 aromatic heterocycles. The number of phenols is 1. The van der Waals surface area contributed by atoms with Crippen molar-refractivity contribution in [2.24, 2.45) is 11.7 Å². The number of hydrogen-bond acceptors (Lipinski definition) is 3. The topological polar surface area (TPSA) is 95.7 Å². The van der Waals surface area contributed by atoms with Gasteiger partial charge in [-0.2, -0.15) is 0 Å². The van der Waals surface area contributed by atoms with Crippen LogP contribution in [-0.2, 0) is 4.79 Å². The van der Waals surface area contributed by atoms with Crippen LogP contribution < -0.4 is 11.1 Å². The Bertz CT molecular complexity index is 482. The molecule has 6 nitrogen and oxygen atoms in total. The van der Waals surface area contributed by atoms with Crippen LogP contribution in [0.15, 0.2) is 24.3 Å². The van der Waals surface area contributed by atoms with Crippen LogP contribution in [0, 0.1) is 5.92 Å². The maximum Gasteiger partial charge on any atom is 0.321 e. The number of carbonyl (C=O) groups excluding carboxylic acids is 2.